The Balaban J connectivity index is 1.55. The molecular formula is C17H13ClN2O3. The van der Waals surface area contributed by atoms with Gasteiger partial charge >= 0.3 is 0 Å². The van der Waals surface area contributed by atoms with E-state index in [9.17, 15) is 4.79 Å². The lowest BCUT2D eigenvalue weighted by Gasteiger charge is -1.99. The minimum Gasteiger partial charge on any atom is -0.454 e. The van der Waals surface area contributed by atoms with Crippen molar-refractivity contribution >= 4 is 29.4 Å². The molecule has 2 heterocycles. The van der Waals surface area contributed by atoms with Gasteiger partial charge in [-0.2, -0.15) is 0 Å². The van der Waals surface area contributed by atoms with Gasteiger partial charge in [-0.3, -0.25) is 4.79 Å². The van der Waals surface area contributed by atoms with Gasteiger partial charge in [0.15, 0.2) is 11.5 Å². The van der Waals surface area contributed by atoms with E-state index in [-0.39, 0.29) is 12.7 Å². The summed E-state index contributed by atoms with van der Waals surface area (Å²) in [5.41, 5.74) is 0.957. The number of benzene rings is 1. The van der Waals surface area contributed by atoms with Crippen LogP contribution in [0.2, 0.25) is 5.02 Å². The summed E-state index contributed by atoms with van der Waals surface area (Å²) >= 11 is 5.73. The molecule has 0 atom stereocenters. The summed E-state index contributed by atoms with van der Waals surface area (Å²) in [7, 11) is 0. The minimum atomic E-state index is -0.268. The third kappa shape index (κ3) is 4.11. The Morgan fingerprint density at radius 2 is 2.04 bits per heavy atom. The van der Waals surface area contributed by atoms with E-state index >= 15 is 0 Å². The first-order valence-corrected chi connectivity index (χ1v) is 7.25. The third-order valence-corrected chi connectivity index (χ3v) is 3.25. The average Bonchev–Trinajstić information content (AvgIpc) is 3.01. The maximum absolute atomic E-state index is 11.7. The molecule has 0 radical (unpaired) electrons. The quantitative estimate of drug-likeness (QED) is 0.687. The second kappa shape index (κ2) is 6.98. The second-order valence-electron chi connectivity index (χ2n) is 4.68. The molecule has 5 nitrogen and oxygen atoms in total. The molecule has 0 spiro atoms. The summed E-state index contributed by atoms with van der Waals surface area (Å²) in [5, 5.41) is 3.15. The lowest BCUT2D eigenvalue weighted by molar-refractivity contribution is -0.111. The summed E-state index contributed by atoms with van der Waals surface area (Å²) in [6.45, 7) is 0.251. The smallest absolute Gasteiger partial charge is 0.249 e. The van der Waals surface area contributed by atoms with Gasteiger partial charge in [0, 0.05) is 12.3 Å². The topological polar surface area (TPSA) is 60.5 Å². The van der Waals surface area contributed by atoms with Crippen LogP contribution in [0.4, 0.5) is 5.82 Å². The Hall–Kier alpha value is -2.79. The Morgan fingerprint density at radius 3 is 2.87 bits per heavy atom. The maximum Gasteiger partial charge on any atom is 0.249 e. The van der Waals surface area contributed by atoms with Crippen LogP contribution in [0.25, 0.3) is 6.08 Å². The van der Waals surface area contributed by atoms with Gasteiger partial charge in [-0.25, -0.2) is 4.98 Å². The molecule has 1 aromatic carbocycles. The molecule has 1 aliphatic heterocycles. The molecule has 3 rings (SSSR count). The number of pyridine rings is 1. The fraction of sp³-hybridized carbons (Fsp3) is 0.0588. The predicted octanol–water partition coefficient (Wildman–Crippen LogP) is 3.67. The van der Waals surface area contributed by atoms with Crippen molar-refractivity contribution in [1.29, 1.82) is 0 Å². The number of aromatic nitrogens is 1. The molecule has 0 fully saturated rings. The number of ether oxygens (including phenoxy) is 2. The van der Waals surface area contributed by atoms with E-state index < -0.39 is 0 Å². The van der Waals surface area contributed by atoms with Crippen LogP contribution in [0.15, 0.2) is 54.8 Å². The maximum atomic E-state index is 11.7. The van der Waals surface area contributed by atoms with Crippen molar-refractivity contribution in [2.24, 2.45) is 0 Å². The summed E-state index contributed by atoms with van der Waals surface area (Å²) in [6.07, 6.45) is 8.18. The van der Waals surface area contributed by atoms with Crippen molar-refractivity contribution < 1.29 is 14.3 Å². The van der Waals surface area contributed by atoms with Crippen LogP contribution in [-0.2, 0) is 4.79 Å². The van der Waals surface area contributed by atoms with E-state index in [1.807, 2.05) is 24.3 Å². The summed E-state index contributed by atoms with van der Waals surface area (Å²) in [5.74, 6) is 1.65. The number of hydrogen-bond donors (Lipinski definition) is 1. The number of hydrogen-bond acceptors (Lipinski definition) is 4. The fourth-order valence-corrected chi connectivity index (χ4v) is 2.06. The lowest BCUT2D eigenvalue weighted by Crippen LogP contribution is -2.08. The van der Waals surface area contributed by atoms with E-state index in [1.165, 1.54) is 12.3 Å². The Bertz CT molecular complexity index is 770. The largest absolute Gasteiger partial charge is 0.454 e. The van der Waals surface area contributed by atoms with E-state index in [0.29, 0.717) is 10.8 Å². The SMILES string of the molecule is O=C(/C=C/C=C/c1ccc2c(c1)OCO2)Nc1ccc(Cl)cn1. The van der Waals surface area contributed by atoms with Gasteiger partial charge in [0.2, 0.25) is 12.7 Å². The normalized spacial score (nSPS) is 12.9. The van der Waals surface area contributed by atoms with Gasteiger partial charge in [-0.05, 0) is 29.8 Å². The van der Waals surface area contributed by atoms with Crippen molar-refractivity contribution in [3.8, 4) is 11.5 Å². The number of nitrogens with one attached hydrogen (secondary N) is 1. The van der Waals surface area contributed by atoms with E-state index in [2.05, 4.69) is 10.3 Å². The van der Waals surface area contributed by atoms with Crippen LogP contribution in [0, 0.1) is 0 Å². The number of halogens is 1. The van der Waals surface area contributed by atoms with Gasteiger partial charge in [0.25, 0.3) is 0 Å². The van der Waals surface area contributed by atoms with E-state index in [0.717, 1.165) is 17.1 Å². The molecule has 1 N–H and O–H groups in total. The van der Waals surface area contributed by atoms with Crippen LogP contribution in [0.1, 0.15) is 5.56 Å². The zero-order valence-corrected chi connectivity index (χ0v) is 12.8. The number of amides is 1. The van der Waals surface area contributed by atoms with Crippen molar-refractivity contribution in [2.75, 3.05) is 12.1 Å². The number of fused-ring (bicyclic) bond motifs is 1. The number of carbonyl (C=O) groups excluding carboxylic acids is 1. The summed E-state index contributed by atoms with van der Waals surface area (Å²) in [4.78, 5) is 15.7. The molecule has 1 aliphatic rings. The predicted molar refractivity (Wildman–Crippen MR) is 88.6 cm³/mol. The Kier molecular flexibility index (Phi) is 4.59. The van der Waals surface area contributed by atoms with Gasteiger partial charge in [-0.1, -0.05) is 35.9 Å². The number of nitrogens with zero attached hydrogens (tertiary/aromatic N) is 1. The molecule has 1 aromatic heterocycles. The highest BCUT2D eigenvalue weighted by atomic mass is 35.5. The second-order valence-corrected chi connectivity index (χ2v) is 5.12. The zero-order valence-electron chi connectivity index (χ0n) is 12.0. The van der Waals surface area contributed by atoms with Crippen LogP contribution >= 0.6 is 11.6 Å². The third-order valence-electron chi connectivity index (χ3n) is 3.02. The number of allylic oxidation sites excluding steroid dienone is 2. The molecule has 0 aliphatic carbocycles. The minimum absolute atomic E-state index is 0.251. The highest BCUT2D eigenvalue weighted by Crippen LogP contribution is 2.32. The van der Waals surface area contributed by atoms with Crippen molar-refractivity contribution in [1.82, 2.24) is 4.98 Å². The van der Waals surface area contributed by atoms with Crippen LogP contribution < -0.4 is 14.8 Å². The number of rotatable bonds is 4. The molecular weight excluding hydrogens is 316 g/mol. The van der Waals surface area contributed by atoms with Crippen molar-refractivity contribution in [3.05, 3.63) is 65.3 Å². The highest BCUT2D eigenvalue weighted by molar-refractivity contribution is 6.30. The zero-order chi connectivity index (χ0) is 16.1. The van der Waals surface area contributed by atoms with Gasteiger partial charge < -0.3 is 14.8 Å². The Labute approximate surface area is 138 Å². The van der Waals surface area contributed by atoms with Crippen molar-refractivity contribution in [2.45, 2.75) is 0 Å². The van der Waals surface area contributed by atoms with Gasteiger partial charge in [0.05, 0.1) is 5.02 Å². The summed E-state index contributed by atoms with van der Waals surface area (Å²) < 4.78 is 10.6. The number of anilines is 1. The standard InChI is InChI=1S/C17H13ClN2O3/c18-13-6-8-16(19-10-13)20-17(21)4-2-1-3-12-5-7-14-15(9-12)23-11-22-14/h1-10H,11H2,(H,19,20,21)/b3-1+,4-2+. The average molecular weight is 329 g/mol. The molecule has 0 unspecified atom stereocenters. The van der Waals surface area contributed by atoms with E-state index in [1.54, 1.807) is 24.3 Å². The molecule has 116 valence electrons. The Morgan fingerprint density at radius 1 is 1.17 bits per heavy atom. The fourth-order valence-electron chi connectivity index (χ4n) is 1.94. The first-order valence-electron chi connectivity index (χ1n) is 6.88. The monoisotopic (exact) mass is 328 g/mol. The lowest BCUT2D eigenvalue weighted by atomic mass is 10.2. The molecule has 0 bridgehead atoms. The molecule has 6 heteroatoms. The van der Waals surface area contributed by atoms with Crippen LogP contribution in [-0.4, -0.2) is 17.7 Å². The van der Waals surface area contributed by atoms with Gasteiger partial charge in [0.1, 0.15) is 5.82 Å². The van der Waals surface area contributed by atoms with Crippen LogP contribution in [0.3, 0.4) is 0 Å². The molecule has 0 saturated heterocycles. The first-order chi connectivity index (χ1) is 11.2. The van der Waals surface area contributed by atoms with Gasteiger partial charge in [-0.15, -0.1) is 0 Å². The number of carbonyl (C=O) groups is 1. The summed E-state index contributed by atoms with van der Waals surface area (Å²) in [6, 6.07) is 8.94. The molecule has 1 amide bonds. The molecule has 23 heavy (non-hydrogen) atoms. The van der Waals surface area contributed by atoms with E-state index in [4.69, 9.17) is 21.1 Å². The highest BCUT2D eigenvalue weighted by Gasteiger charge is 2.11. The molecule has 2 aromatic rings. The molecule has 0 saturated carbocycles. The van der Waals surface area contributed by atoms with Crippen LogP contribution in [0.5, 0.6) is 11.5 Å². The first kappa shape index (κ1) is 15.1. The van der Waals surface area contributed by atoms with Crippen molar-refractivity contribution in [3.63, 3.8) is 0 Å².